The quantitative estimate of drug-likeness (QED) is 0.386. The summed E-state index contributed by atoms with van der Waals surface area (Å²) in [6.45, 7) is 6.31. The van der Waals surface area contributed by atoms with Gasteiger partial charge in [0.15, 0.2) is 0 Å². The maximum Gasteiger partial charge on any atom is 0.350 e. The van der Waals surface area contributed by atoms with Gasteiger partial charge in [-0.05, 0) is 27.2 Å². The van der Waals surface area contributed by atoms with Crippen LogP contribution in [0.4, 0.5) is 5.69 Å². The van der Waals surface area contributed by atoms with Crippen molar-refractivity contribution in [3.63, 3.8) is 0 Å². The van der Waals surface area contributed by atoms with E-state index in [-0.39, 0.29) is 23.0 Å². The largest absolute Gasteiger partial charge is 0.475 e. The highest BCUT2D eigenvalue weighted by Crippen LogP contribution is 2.24. The molecular formula is C14H22N6O5S. The lowest BCUT2D eigenvalue weighted by Gasteiger charge is -2.07. The van der Waals surface area contributed by atoms with Gasteiger partial charge in [0.1, 0.15) is 11.1 Å². The topological polar surface area (TPSA) is 134 Å². The molecule has 2 heterocycles. The Hall–Kier alpha value is -2.47. The van der Waals surface area contributed by atoms with Crippen LogP contribution in [-0.2, 0) is 23.1 Å². The molecule has 2 rings (SSSR count). The normalized spacial score (nSPS) is 11.7. The molecule has 0 spiro atoms. The maximum absolute atomic E-state index is 12.5. The number of nitrogens with zero attached hydrogens (tertiary/aromatic N) is 5. The fraction of sp³-hybridized carbons (Fsp3) is 0.571. The minimum absolute atomic E-state index is 0.0752. The number of rotatable bonds is 9. The number of aryl methyl sites for hydroxylation is 3. The Morgan fingerprint density at radius 3 is 2.54 bits per heavy atom. The summed E-state index contributed by atoms with van der Waals surface area (Å²) in [5, 5.41) is 19.0. The van der Waals surface area contributed by atoms with Crippen molar-refractivity contribution in [2.75, 3.05) is 13.7 Å². The molecule has 0 aromatic carbocycles. The van der Waals surface area contributed by atoms with Crippen LogP contribution in [0, 0.1) is 24.0 Å². The lowest BCUT2D eigenvalue weighted by atomic mass is 10.4. The van der Waals surface area contributed by atoms with Crippen LogP contribution in [0.3, 0.4) is 0 Å². The van der Waals surface area contributed by atoms with E-state index in [4.69, 9.17) is 4.74 Å². The third-order valence-electron chi connectivity index (χ3n) is 3.84. The van der Waals surface area contributed by atoms with Gasteiger partial charge in [-0.15, -0.1) is 5.10 Å². The highest BCUT2D eigenvalue weighted by atomic mass is 32.2. The van der Waals surface area contributed by atoms with Crippen molar-refractivity contribution in [3.8, 4) is 5.88 Å². The Labute approximate surface area is 151 Å². The van der Waals surface area contributed by atoms with Gasteiger partial charge in [-0.25, -0.2) is 13.1 Å². The molecule has 0 amide bonds. The third kappa shape index (κ3) is 4.02. The number of hydrogen-bond acceptors (Lipinski definition) is 7. The molecule has 0 aliphatic rings. The molecule has 1 N–H and O–H groups in total. The lowest BCUT2D eigenvalue weighted by molar-refractivity contribution is -0.385. The van der Waals surface area contributed by atoms with Crippen LogP contribution in [0.15, 0.2) is 11.1 Å². The molecule has 0 radical (unpaired) electrons. The zero-order valence-corrected chi connectivity index (χ0v) is 15.9. The van der Waals surface area contributed by atoms with Crippen molar-refractivity contribution in [3.05, 3.63) is 27.7 Å². The molecule has 26 heavy (non-hydrogen) atoms. The Morgan fingerprint density at radius 1 is 1.35 bits per heavy atom. The van der Waals surface area contributed by atoms with Gasteiger partial charge in [-0.3, -0.25) is 19.5 Å². The predicted molar refractivity (Wildman–Crippen MR) is 92.6 cm³/mol. The van der Waals surface area contributed by atoms with Crippen molar-refractivity contribution in [1.29, 1.82) is 0 Å². The molecule has 0 atom stereocenters. The van der Waals surface area contributed by atoms with Crippen LogP contribution in [0.5, 0.6) is 5.88 Å². The Morgan fingerprint density at radius 2 is 2.04 bits per heavy atom. The lowest BCUT2D eigenvalue weighted by Crippen LogP contribution is -2.26. The number of hydrogen-bond donors (Lipinski definition) is 1. The second-order valence-corrected chi connectivity index (χ2v) is 7.31. The monoisotopic (exact) mass is 386 g/mol. The Kier molecular flexibility index (Phi) is 5.97. The van der Waals surface area contributed by atoms with Crippen molar-refractivity contribution >= 4 is 15.7 Å². The van der Waals surface area contributed by atoms with Gasteiger partial charge in [0, 0.05) is 19.6 Å². The van der Waals surface area contributed by atoms with E-state index in [1.165, 1.54) is 18.0 Å². The summed E-state index contributed by atoms with van der Waals surface area (Å²) in [6, 6.07) is 0. The van der Waals surface area contributed by atoms with Crippen molar-refractivity contribution in [2.45, 2.75) is 45.2 Å². The molecule has 12 heteroatoms. The van der Waals surface area contributed by atoms with E-state index in [0.717, 1.165) is 0 Å². The summed E-state index contributed by atoms with van der Waals surface area (Å²) in [5.74, 6) is -0.0752. The molecule has 11 nitrogen and oxygen atoms in total. The van der Waals surface area contributed by atoms with Crippen LogP contribution >= 0.6 is 0 Å². The standard InChI is InChI=1S/C14H22N6O5S/c1-5-19-11(3)13(10(2)16-19)26(23,24)15-7-6-8-18-9-12(20(21)22)14(17-18)25-4/h9,15H,5-8H2,1-4H3. The zero-order chi connectivity index (χ0) is 19.5. The molecule has 0 saturated carbocycles. The van der Waals surface area contributed by atoms with E-state index >= 15 is 0 Å². The van der Waals surface area contributed by atoms with Gasteiger partial charge in [0.2, 0.25) is 10.0 Å². The minimum atomic E-state index is -3.68. The number of nitrogens with one attached hydrogen (secondary N) is 1. The van der Waals surface area contributed by atoms with Gasteiger partial charge >= 0.3 is 11.6 Å². The van der Waals surface area contributed by atoms with E-state index in [1.807, 2.05) is 6.92 Å². The predicted octanol–water partition coefficient (Wildman–Crippen LogP) is 1.00. The van der Waals surface area contributed by atoms with Crippen LogP contribution < -0.4 is 9.46 Å². The summed E-state index contributed by atoms with van der Waals surface area (Å²) in [4.78, 5) is 10.5. The van der Waals surface area contributed by atoms with Gasteiger partial charge in [0.05, 0.1) is 23.4 Å². The maximum atomic E-state index is 12.5. The van der Waals surface area contributed by atoms with Gasteiger partial charge in [-0.2, -0.15) is 5.10 Å². The molecule has 0 saturated heterocycles. The summed E-state index contributed by atoms with van der Waals surface area (Å²) in [7, 11) is -2.38. The summed E-state index contributed by atoms with van der Waals surface area (Å²) >= 11 is 0. The molecule has 144 valence electrons. The van der Waals surface area contributed by atoms with Crippen molar-refractivity contribution in [2.24, 2.45) is 0 Å². The Bertz CT molecular complexity index is 901. The molecule has 0 aliphatic carbocycles. The van der Waals surface area contributed by atoms with Gasteiger partial charge in [-0.1, -0.05) is 0 Å². The minimum Gasteiger partial charge on any atom is -0.475 e. The second kappa shape index (κ2) is 7.83. The summed E-state index contributed by atoms with van der Waals surface area (Å²) < 4.78 is 35.4. The smallest absolute Gasteiger partial charge is 0.350 e. The molecule has 0 unspecified atom stereocenters. The highest BCUT2D eigenvalue weighted by Gasteiger charge is 2.24. The molecular weight excluding hydrogens is 364 g/mol. The van der Waals surface area contributed by atoms with E-state index in [9.17, 15) is 18.5 Å². The van der Waals surface area contributed by atoms with Crippen LogP contribution in [-0.4, -0.2) is 46.6 Å². The highest BCUT2D eigenvalue weighted by molar-refractivity contribution is 7.89. The summed E-state index contributed by atoms with van der Waals surface area (Å²) in [5.41, 5.74) is 0.806. The number of nitro groups is 1. The van der Waals surface area contributed by atoms with Crippen LogP contribution in [0.25, 0.3) is 0 Å². The van der Waals surface area contributed by atoms with E-state index in [2.05, 4.69) is 14.9 Å². The average Bonchev–Trinajstić information content (AvgIpc) is 3.12. The first-order valence-electron chi connectivity index (χ1n) is 8.00. The van der Waals surface area contributed by atoms with Gasteiger partial charge in [0.25, 0.3) is 0 Å². The van der Waals surface area contributed by atoms with Crippen LogP contribution in [0.1, 0.15) is 24.7 Å². The number of ether oxygens (including phenoxy) is 1. The SMILES string of the molecule is CCn1nc(C)c(S(=O)(=O)NCCCn2cc([N+](=O)[O-])c(OC)n2)c1C. The van der Waals surface area contributed by atoms with Crippen LogP contribution in [0.2, 0.25) is 0 Å². The number of aromatic nitrogens is 4. The summed E-state index contributed by atoms with van der Waals surface area (Å²) in [6.07, 6.45) is 1.66. The van der Waals surface area contributed by atoms with E-state index < -0.39 is 14.9 Å². The fourth-order valence-corrected chi connectivity index (χ4v) is 4.16. The molecule has 2 aromatic heterocycles. The first kappa shape index (κ1) is 19.8. The van der Waals surface area contributed by atoms with E-state index in [1.54, 1.807) is 18.5 Å². The first-order chi connectivity index (χ1) is 12.2. The number of sulfonamides is 1. The fourth-order valence-electron chi connectivity index (χ4n) is 2.68. The molecule has 0 bridgehead atoms. The molecule has 2 aromatic rings. The van der Waals surface area contributed by atoms with Gasteiger partial charge < -0.3 is 4.74 Å². The zero-order valence-electron chi connectivity index (χ0n) is 15.1. The van der Waals surface area contributed by atoms with Crippen molar-refractivity contribution < 1.29 is 18.1 Å². The second-order valence-electron chi connectivity index (χ2n) is 5.61. The first-order valence-corrected chi connectivity index (χ1v) is 9.49. The van der Waals surface area contributed by atoms with E-state index in [0.29, 0.717) is 30.9 Å². The average molecular weight is 386 g/mol. The third-order valence-corrected chi connectivity index (χ3v) is 5.55. The Balaban J connectivity index is 2.00. The van der Waals surface area contributed by atoms with Crippen molar-refractivity contribution in [1.82, 2.24) is 24.3 Å². The molecule has 0 fully saturated rings. The molecule has 0 aliphatic heterocycles. The number of methoxy groups -OCH3 is 1.